The molecule has 0 aliphatic rings. The maximum Gasteiger partial charge on any atom is 0.248 e. The van der Waals surface area contributed by atoms with Gasteiger partial charge in [-0.2, -0.15) is 0 Å². The molecule has 2 aromatic rings. The average Bonchev–Trinajstić information content (AvgIpc) is 2.90. The lowest BCUT2D eigenvalue weighted by Gasteiger charge is -2.04. The molecule has 18 heavy (non-hydrogen) atoms. The highest BCUT2D eigenvalue weighted by Crippen LogP contribution is 2.16. The summed E-state index contributed by atoms with van der Waals surface area (Å²) < 4.78 is 10.2. The molecule has 1 N–H and O–H groups in total. The number of nitrogens with one attached hydrogen (secondary N) is 1. The maximum atomic E-state index is 11.6. The van der Waals surface area contributed by atoms with Crippen LogP contribution >= 0.6 is 0 Å². The van der Waals surface area contributed by atoms with Crippen molar-refractivity contribution in [2.45, 2.75) is 0 Å². The molecular formula is C14H13NO3. The third kappa shape index (κ3) is 3.25. The zero-order valence-electron chi connectivity index (χ0n) is 9.92. The second kappa shape index (κ2) is 5.72. The Balaban J connectivity index is 1.98. The van der Waals surface area contributed by atoms with E-state index in [4.69, 9.17) is 9.15 Å². The number of anilines is 1. The summed E-state index contributed by atoms with van der Waals surface area (Å²) in [5, 5.41) is 2.73. The van der Waals surface area contributed by atoms with Crippen LogP contribution in [-0.4, -0.2) is 13.0 Å². The monoisotopic (exact) mass is 243 g/mol. The molecule has 0 radical (unpaired) electrons. The number of hydrogen-bond donors (Lipinski definition) is 1. The Bertz CT molecular complexity index is 544. The Morgan fingerprint density at radius 2 is 2.22 bits per heavy atom. The van der Waals surface area contributed by atoms with Crippen LogP contribution in [0.2, 0.25) is 0 Å². The minimum atomic E-state index is -0.223. The van der Waals surface area contributed by atoms with Gasteiger partial charge in [0, 0.05) is 17.8 Å². The van der Waals surface area contributed by atoms with Gasteiger partial charge in [-0.15, -0.1) is 0 Å². The van der Waals surface area contributed by atoms with Gasteiger partial charge in [-0.3, -0.25) is 4.79 Å². The number of carbonyl (C=O) groups is 1. The number of carbonyl (C=O) groups excluding carboxylic acids is 1. The normalized spacial score (nSPS) is 10.5. The van der Waals surface area contributed by atoms with Crippen LogP contribution in [0.25, 0.3) is 6.08 Å². The molecule has 0 bridgehead atoms. The third-order valence-corrected chi connectivity index (χ3v) is 2.28. The number of hydrogen-bond acceptors (Lipinski definition) is 3. The van der Waals surface area contributed by atoms with Crippen molar-refractivity contribution in [1.29, 1.82) is 0 Å². The highest BCUT2D eigenvalue weighted by Gasteiger charge is 1.99. The summed E-state index contributed by atoms with van der Waals surface area (Å²) in [5.74, 6) is 1.11. The summed E-state index contributed by atoms with van der Waals surface area (Å²) in [6.45, 7) is 0. The molecule has 0 atom stereocenters. The number of methoxy groups -OCH3 is 1. The Hall–Kier alpha value is -2.49. The quantitative estimate of drug-likeness (QED) is 0.840. The van der Waals surface area contributed by atoms with E-state index >= 15 is 0 Å². The summed E-state index contributed by atoms with van der Waals surface area (Å²) in [4.78, 5) is 11.6. The molecule has 1 aromatic heterocycles. The second-order valence-corrected chi connectivity index (χ2v) is 3.57. The summed E-state index contributed by atoms with van der Waals surface area (Å²) in [7, 11) is 1.58. The van der Waals surface area contributed by atoms with Gasteiger partial charge in [0.25, 0.3) is 0 Å². The first-order chi connectivity index (χ1) is 8.78. The zero-order valence-corrected chi connectivity index (χ0v) is 9.92. The van der Waals surface area contributed by atoms with Crippen molar-refractivity contribution in [3.8, 4) is 5.75 Å². The highest BCUT2D eigenvalue weighted by molar-refractivity contribution is 6.01. The summed E-state index contributed by atoms with van der Waals surface area (Å²) in [6.07, 6.45) is 4.58. The molecule has 4 heteroatoms. The van der Waals surface area contributed by atoms with Crippen molar-refractivity contribution in [2.75, 3.05) is 12.4 Å². The number of benzene rings is 1. The lowest BCUT2D eigenvalue weighted by Crippen LogP contribution is -2.07. The van der Waals surface area contributed by atoms with E-state index in [1.807, 2.05) is 12.1 Å². The van der Waals surface area contributed by atoms with Crippen molar-refractivity contribution in [3.05, 3.63) is 54.5 Å². The highest BCUT2D eigenvalue weighted by atomic mass is 16.5. The van der Waals surface area contributed by atoms with Gasteiger partial charge in [0.15, 0.2) is 0 Å². The van der Waals surface area contributed by atoms with Crippen molar-refractivity contribution in [3.63, 3.8) is 0 Å². The van der Waals surface area contributed by atoms with E-state index in [0.29, 0.717) is 17.2 Å². The molecule has 1 amide bonds. The van der Waals surface area contributed by atoms with Gasteiger partial charge in [-0.05, 0) is 30.3 Å². The van der Waals surface area contributed by atoms with Gasteiger partial charge in [-0.1, -0.05) is 6.07 Å². The van der Waals surface area contributed by atoms with Crippen LogP contribution in [0.5, 0.6) is 5.75 Å². The minimum absolute atomic E-state index is 0.223. The first-order valence-electron chi connectivity index (χ1n) is 5.44. The largest absolute Gasteiger partial charge is 0.497 e. The molecule has 0 spiro atoms. The van der Waals surface area contributed by atoms with Gasteiger partial charge in [0.05, 0.1) is 13.4 Å². The van der Waals surface area contributed by atoms with Crippen molar-refractivity contribution in [1.82, 2.24) is 0 Å². The molecular weight excluding hydrogens is 230 g/mol. The fraction of sp³-hybridized carbons (Fsp3) is 0.0714. The van der Waals surface area contributed by atoms with E-state index in [0.717, 1.165) is 0 Å². The van der Waals surface area contributed by atoms with E-state index in [-0.39, 0.29) is 5.91 Å². The van der Waals surface area contributed by atoms with Crippen molar-refractivity contribution in [2.24, 2.45) is 0 Å². The van der Waals surface area contributed by atoms with Gasteiger partial charge in [0.2, 0.25) is 5.91 Å². The standard InChI is InChI=1S/C14H13NO3/c1-17-13-5-2-4-11(10-13)15-14(16)8-7-12-6-3-9-18-12/h2-10H,1H3,(H,15,16)/b8-7+. The maximum absolute atomic E-state index is 11.6. The molecule has 0 saturated carbocycles. The predicted octanol–water partition coefficient (Wildman–Crippen LogP) is 2.94. The van der Waals surface area contributed by atoms with Crippen LogP contribution < -0.4 is 10.1 Å². The summed E-state index contributed by atoms with van der Waals surface area (Å²) in [5.41, 5.74) is 0.684. The van der Waals surface area contributed by atoms with Crippen molar-refractivity contribution < 1.29 is 13.9 Å². The zero-order chi connectivity index (χ0) is 12.8. The van der Waals surface area contributed by atoms with E-state index in [9.17, 15) is 4.79 Å². The summed E-state index contributed by atoms with van der Waals surface area (Å²) in [6, 6.07) is 10.7. The lowest BCUT2D eigenvalue weighted by atomic mass is 10.3. The van der Waals surface area contributed by atoms with Crippen LogP contribution in [0, 0.1) is 0 Å². The molecule has 0 unspecified atom stereocenters. The molecule has 92 valence electrons. The SMILES string of the molecule is COc1cccc(NC(=O)/C=C/c2ccco2)c1. The Labute approximate surface area is 105 Å². The number of rotatable bonds is 4. The molecule has 0 fully saturated rings. The number of amides is 1. The van der Waals surface area contributed by atoms with Crippen molar-refractivity contribution >= 4 is 17.7 Å². The minimum Gasteiger partial charge on any atom is -0.497 e. The Kier molecular flexibility index (Phi) is 3.81. The van der Waals surface area contributed by atoms with Gasteiger partial charge < -0.3 is 14.5 Å². The van der Waals surface area contributed by atoms with Crippen LogP contribution in [0.1, 0.15) is 5.76 Å². The van der Waals surface area contributed by atoms with Gasteiger partial charge >= 0.3 is 0 Å². The second-order valence-electron chi connectivity index (χ2n) is 3.57. The number of ether oxygens (including phenoxy) is 1. The van der Waals surface area contributed by atoms with Crippen LogP contribution in [0.3, 0.4) is 0 Å². The average molecular weight is 243 g/mol. The molecule has 0 aliphatic carbocycles. The van der Waals surface area contributed by atoms with E-state index in [2.05, 4.69) is 5.32 Å². The van der Waals surface area contributed by atoms with E-state index < -0.39 is 0 Å². The van der Waals surface area contributed by atoms with Crippen LogP contribution in [-0.2, 0) is 4.79 Å². The number of furan rings is 1. The molecule has 0 saturated heterocycles. The lowest BCUT2D eigenvalue weighted by molar-refractivity contribution is -0.111. The Morgan fingerprint density at radius 1 is 1.33 bits per heavy atom. The molecule has 0 aliphatic heterocycles. The fourth-order valence-electron chi connectivity index (χ4n) is 1.43. The van der Waals surface area contributed by atoms with Crippen LogP contribution in [0.15, 0.2) is 53.2 Å². The predicted molar refractivity (Wildman–Crippen MR) is 69.4 cm³/mol. The topological polar surface area (TPSA) is 51.5 Å². The van der Waals surface area contributed by atoms with E-state index in [1.165, 1.54) is 6.08 Å². The Morgan fingerprint density at radius 3 is 2.94 bits per heavy atom. The molecule has 2 rings (SSSR count). The van der Waals surface area contributed by atoms with E-state index in [1.54, 1.807) is 43.7 Å². The van der Waals surface area contributed by atoms with Gasteiger partial charge in [0.1, 0.15) is 11.5 Å². The first kappa shape index (κ1) is 12.0. The smallest absolute Gasteiger partial charge is 0.248 e. The molecule has 1 heterocycles. The molecule has 1 aromatic carbocycles. The molecule has 4 nitrogen and oxygen atoms in total. The first-order valence-corrected chi connectivity index (χ1v) is 5.44. The summed E-state index contributed by atoms with van der Waals surface area (Å²) >= 11 is 0. The fourth-order valence-corrected chi connectivity index (χ4v) is 1.43. The van der Waals surface area contributed by atoms with Gasteiger partial charge in [-0.25, -0.2) is 0 Å². The van der Waals surface area contributed by atoms with Crippen LogP contribution in [0.4, 0.5) is 5.69 Å². The third-order valence-electron chi connectivity index (χ3n) is 2.28.